The molecule has 1 aromatic carbocycles. The average Bonchev–Trinajstić information content (AvgIpc) is 3.00. The molecular formula is C13H13FN2O. The zero-order valence-corrected chi connectivity index (χ0v) is 9.32. The predicted octanol–water partition coefficient (Wildman–Crippen LogP) is 2.91. The number of aromatic nitrogens is 1. The quantitative estimate of drug-likeness (QED) is 0.865. The van der Waals surface area contributed by atoms with E-state index in [1.54, 1.807) is 24.4 Å². The van der Waals surface area contributed by atoms with E-state index < -0.39 is 0 Å². The molecule has 88 valence electrons. The summed E-state index contributed by atoms with van der Waals surface area (Å²) in [7, 11) is 0. The second-order valence-corrected chi connectivity index (χ2v) is 4.19. The third-order valence-corrected chi connectivity index (χ3v) is 3.02. The Morgan fingerprint density at radius 2 is 2.24 bits per heavy atom. The summed E-state index contributed by atoms with van der Waals surface area (Å²) < 4.78 is 19.2. The molecule has 1 aliphatic heterocycles. The van der Waals surface area contributed by atoms with Gasteiger partial charge in [0.05, 0.1) is 17.8 Å². The minimum Gasteiger partial charge on any atom is -0.439 e. The van der Waals surface area contributed by atoms with Crippen LogP contribution in [0.25, 0.3) is 11.3 Å². The van der Waals surface area contributed by atoms with Crippen molar-refractivity contribution < 1.29 is 8.81 Å². The average molecular weight is 232 g/mol. The lowest BCUT2D eigenvalue weighted by Crippen LogP contribution is -2.12. The molecule has 0 amide bonds. The van der Waals surface area contributed by atoms with Crippen LogP contribution in [0, 0.1) is 5.82 Å². The van der Waals surface area contributed by atoms with E-state index in [1.165, 1.54) is 6.07 Å². The molecule has 0 aliphatic carbocycles. The van der Waals surface area contributed by atoms with E-state index in [0.29, 0.717) is 17.2 Å². The fourth-order valence-electron chi connectivity index (χ4n) is 2.13. The van der Waals surface area contributed by atoms with E-state index in [-0.39, 0.29) is 11.9 Å². The van der Waals surface area contributed by atoms with Gasteiger partial charge in [-0.3, -0.25) is 0 Å². The summed E-state index contributed by atoms with van der Waals surface area (Å²) in [6, 6.07) is 6.74. The number of nitrogens with one attached hydrogen (secondary N) is 1. The minimum atomic E-state index is -0.283. The van der Waals surface area contributed by atoms with Gasteiger partial charge in [0, 0.05) is 0 Å². The van der Waals surface area contributed by atoms with Crippen LogP contribution < -0.4 is 5.32 Å². The van der Waals surface area contributed by atoms with Crippen LogP contribution in [-0.4, -0.2) is 11.5 Å². The van der Waals surface area contributed by atoms with Crippen LogP contribution in [-0.2, 0) is 0 Å². The Labute approximate surface area is 98.7 Å². The number of halogens is 1. The third-order valence-electron chi connectivity index (χ3n) is 3.02. The highest BCUT2D eigenvalue weighted by Gasteiger charge is 2.21. The van der Waals surface area contributed by atoms with Crippen LogP contribution in [0.2, 0.25) is 0 Å². The van der Waals surface area contributed by atoms with Gasteiger partial charge in [0.1, 0.15) is 5.82 Å². The predicted molar refractivity (Wildman–Crippen MR) is 61.9 cm³/mol. The van der Waals surface area contributed by atoms with E-state index in [4.69, 9.17) is 4.42 Å². The number of hydrogen-bond donors (Lipinski definition) is 1. The van der Waals surface area contributed by atoms with Crippen LogP contribution in [0.15, 0.2) is 34.9 Å². The van der Waals surface area contributed by atoms with Gasteiger partial charge >= 0.3 is 0 Å². The Morgan fingerprint density at radius 1 is 1.35 bits per heavy atom. The van der Waals surface area contributed by atoms with Crippen molar-refractivity contribution in [3.63, 3.8) is 0 Å². The molecule has 1 aliphatic rings. The zero-order valence-electron chi connectivity index (χ0n) is 9.32. The lowest BCUT2D eigenvalue weighted by Gasteiger charge is -2.03. The first kappa shape index (κ1) is 10.5. The summed E-state index contributed by atoms with van der Waals surface area (Å²) in [6.45, 7) is 0.988. The lowest BCUT2D eigenvalue weighted by atomic mass is 10.2. The maximum Gasteiger partial charge on any atom is 0.212 e. The second kappa shape index (κ2) is 4.30. The molecule has 1 fully saturated rings. The van der Waals surface area contributed by atoms with Gasteiger partial charge in [-0.2, -0.15) is 0 Å². The molecule has 1 N–H and O–H groups in total. The van der Waals surface area contributed by atoms with E-state index in [2.05, 4.69) is 10.3 Å². The molecule has 3 rings (SSSR count). The largest absolute Gasteiger partial charge is 0.439 e. The highest BCUT2D eigenvalue weighted by molar-refractivity contribution is 5.56. The molecule has 3 nitrogen and oxygen atoms in total. The topological polar surface area (TPSA) is 38.1 Å². The van der Waals surface area contributed by atoms with Crippen molar-refractivity contribution >= 4 is 0 Å². The maximum atomic E-state index is 13.6. The molecule has 4 heteroatoms. The van der Waals surface area contributed by atoms with Crippen molar-refractivity contribution in [3.05, 3.63) is 42.2 Å². The summed E-state index contributed by atoms with van der Waals surface area (Å²) >= 11 is 0. The van der Waals surface area contributed by atoms with Crippen LogP contribution >= 0.6 is 0 Å². The van der Waals surface area contributed by atoms with Gasteiger partial charge in [0.15, 0.2) is 5.76 Å². The molecule has 0 saturated carbocycles. The normalized spacial score (nSPS) is 19.7. The number of benzene rings is 1. The highest BCUT2D eigenvalue weighted by Crippen LogP contribution is 2.28. The molecule has 1 aromatic heterocycles. The molecule has 0 bridgehead atoms. The minimum absolute atomic E-state index is 0.176. The van der Waals surface area contributed by atoms with Crippen molar-refractivity contribution in [3.8, 4) is 11.3 Å². The van der Waals surface area contributed by atoms with Gasteiger partial charge in [-0.05, 0) is 31.5 Å². The van der Waals surface area contributed by atoms with Crippen LogP contribution in [0.3, 0.4) is 0 Å². The van der Waals surface area contributed by atoms with Crippen molar-refractivity contribution in [2.45, 2.75) is 18.9 Å². The second-order valence-electron chi connectivity index (χ2n) is 4.19. The van der Waals surface area contributed by atoms with Crippen molar-refractivity contribution in [2.75, 3.05) is 6.54 Å². The third kappa shape index (κ3) is 1.96. The summed E-state index contributed by atoms with van der Waals surface area (Å²) in [5.74, 6) is 0.863. The van der Waals surface area contributed by atoms with Crippen LogP contribution in [0.4, 0.5) is 4.39 Å². The van der Waals surface area contributed by atoms with Gasteiger partial charge in [-0.1, -0.05) is 12.1 Å². The standard InChI is InChI=1S/C13H13FN2O/c14-10-5-2-1-4-9(10)12-8-16-13(17-12)11-6-3-7-15-11/h1-2,4-5,8,11,15H,3,6-7H2. The molecule has 2 aromatic rings. The van der Waals surface area contributed by atoms with Crippen molar-refractivity contribution in [1.29, 1.82) is 0 Å². The number of rotatable bonds is 2. The Bertz CT molecular complexity index is 518. The Morgan fingerprint density at radius 3 is 3.00 bits per heavy atom. The molecule has 1 unspecified atom stereocenters. The first-order valence-electron chi connectivity index (χ1n) is 5.78. The monoisotopic (exact) mass is 232 g/mol. The van der Waals surface area contributed by atoms with Crippen molar-refractivity contribution in [2.24, 2.45) is 0 Å². The van der Waals surface area contributed by atoms with Gasteiger partial charge in [0.25, 0.3) is 0 Å². The smallest absolute Gasteiger partial charge is 0.212 e. The fraction of sp³-hybridized carbons (Fsp3) is 0.308. The van der Waals surface area contributed by atoms with Crippen LogP contribution in [0.1, 0.15) is 24.8 Å². The van der Waals surface area contributed by atoms with E-state index in [9.17, 15) is 4.39 Å². The molecule has 0 radical (unpaired) electrons. The number of oxazole rings is 1. The summed E-state index contributed by atoms with van der Waals surface area (Å²) in [5, 5.41) is 3.30. The Kier molecular flexibility index (Phi) is 2.65. The SMILES string of the molecule is Fc1ccccc1-c1cnc(C2CCCN2)o1. The van der Waals surface area contributed by atoms with Gasteiger partial charge in [-0.25, -0.2) is 9.37 Å². The summed E-state index contributed by atoms with van der Waals surface area (Å²) in [4.78, 5) is 4.22. The van der Waals surface area contributed by atoms with Crippen molar-refractivity contribution in [1.82, 2.24) is 10.3 Å². The molecule has 1 atom stereocenters. The van der Waals surface area contributed by atoms with Gasteiger partial charge in [0.2, 0.25) is 5.89 Å². The Balaban J connectivity index is 1.92. The van der Waals surface area contributed by atoms with E-state index in [0.717, 1.165) is 19.4 Å². The molecular weight excluding hydrogens is 219 g/mol. The zero-order chi connectivity index (χ0) is 11.7. The van der Waals surface area contributed by atoms with Gasteiger partial charge in [-0.15, -0.1) is 0 Å². The molecule has 0 spiro atoms. The summed E-state index contributed by atoms with van der Waals surface area (Å²) in [5.41, 5.74) is 0.462. The van der Waals surface area contributed by atoms with Crippen LogP contribution in [0.5, 0.6) is 0 Å². The van der Waals surface area contributed by atoms with Gasteiger partial charge < -0.3 is 9.73 Å². The highest BCUT2D eigenvalue weighted by atomic mass is 19.1. The number of nitrogens with zero attached hydrogens (tertiary/aromatic N) is 1. The van der Waals surface area contributed by atoms with E-state index >= 15 is 0 Å². The Hall–Kier alpha value is -1.68. The molecule has 17 heavy (non-hydrogen) atoms. The first-order chi connectivity index (χ1) is 8.34. The summed E-state index contributed by atoms with van der Waals surface area (Å²) in [6.07, 6.45) is 3.74. The fourth-order valence-corrected chi connectivity index (χ4v) is 2.13. The molecule has 2 heterocycles. The lowest BCUT2D eigenvalue weighted by molar-refractivity contribution is 0.436. The first-order valence-corrected chi connectivity index (χ1v) is 5.78. The molecule has 1 saturated heterocycles. The number of hydrogen-bond acceptors (Lipinski definition) is 3. The maximum absolute atomic E-state index is 13.6. The van der Waals surface area contributed by atoms with E-state index in [1.807, 2.05) is 0 Å².